The van der Waals surface area contributed by atoms with Gasteiger partial charge in [-0.1, -0.05) is 30.3 Å². The molecule has 1 aliphatic rings. The predicted molar refractivity (Wildman–Crippen MR) is 65.6 cm³/mol. The summed E-state index contributed by atoms with van der Waals surface area (Å²) in [5.74, 6) is 0.150. The minimum Gasteiger partial charge on any atom is -0.306 e. The van der Waals surface area contributed by atoms with Crippen molar-refractivity contribution in [3.05, 3.63) is 59.9 Å². The van der Waals surface area contributed by atoms with Gasteiger partial charge in [0.05, 0.1) is 24.8 Å². The van der Waals surface area contributed by atoms with Crippen LogP contribution in [0.4, 0.5) is 5.69 Å². The topological polar surface area (TPSA) is 33.2 Å². The van der Waals surface area contributed by atoms with Crippen LogP contribution in [0.2, 0.25) is 0 Å². The van der Waals surface area contributed by atoms with Gasteiger partial charge in [-0.3, -0.25) is 9.78 Å². The van der Waals surface area contributed by atoms with Crippen molar-refractivity contribution in [2.75, 3.05) is 4.90 Å². The summed E-state index contributed by atoms with van der Waals surface area (Å²) >= 11 is 0. The maximum atomic E-state index is 11.9. The van der Waals surface area contributed by atoms with Gasteiger partial charge in [-0.05, 0) is 17.2 Å². The third-order valence-corrected chi connectivity index (χ3v) is 3.00. The Labute approximate surface area is 99.7 Å². The van der Waals surface area contributed by atoms with Gasteiger partial charge in [0, 0.05) is 6.20 Å². The van der Waals surface area contributed by atoms with Crippen LogP contribution in [-0.4, -0.2) is 10.9 Å². The highest BCUT2D eigenvalue weighted by Gasteiger charge is 2.26. The van der Waals surface area contributed by atoms with Crippen molar-refractivity contribution in [3.8, 4) is 0 Å². The van der Waals surface area contributed by atoms with Crippen molar-refractivity contribution in [1.82, 2.24) is 4.98 Å². The molecule has 0 unspecified atom stereocenters. The van der Waals surface area contributed by atoms with Crippen LogP contribution in [0.5, 0.6) is 0 Å². The van der Waals surface area contributed by atoms with Gasteiger partial charge in [-0.2, -0.15) is 0 Å². The van der Waals surface area contributed by atoms with Crippen molar-refractivity contribution >= 4 is 11.6 Å². The number of carbonyl (C=O) groups excluding carboxylic acids is 1. The maximum absolute atomic E-state index is 11.9. The molecular weight excluding hydrogens is 212 g/mol. The molecule has 17 heavy (non-hydrogen) atoms. The SMILES string of the molecule is O=C1Cc2ccncc2N1Cc1ccccc1. The molecule has 2 aromatic rings. The van der Waals surface area contributed by atoms with Crippen LogP contribution in [0.1, 0.15) is 11.1 Å². The minimum absolute atomic E-state index is 0.150. The number of pyridine rings is 1. The largest absolute Gasteiger partial charge is 0.306 e. The third-order valence-electron chi connectivity index (χ3n) is 3.00. The second-order valence-electron chi connectivity index (χ2n) is 4.15. The molecule has 0 bridgehead atoms. The zero-order chi connectivity index (χ0) is 11.7. The van der Waals surface area contributed by atoms with E-state index < -0.39 is 0 Å². The van der Waals surface area contributed by atoms with E-state index in [1.807, 2.05) is 36.4 Å². The molecule has 0 fully saturated rings. The van der Waals surface area contributed by atoms with E-state index in [9.17, 15) is 4.79 Å². The lowest BCUT2D eigenvalue weighted by atomic mass is 10.2. The fraction of sp³-hybridized carbons (Fsp3) is 0.143. The summed E-state index contributed by atoms with van der Waals surface area (Å²) in [6.45, 7) is 0.623. The normalized spacial score (nSPS) is 13.9. The molecule has 0 saturated carbocycles. The number of anilines is 1. The quantitative estimate of drug-likeness (QED) is 0.783. The van der Waals surface area contributed by atoms with Crippen LogP contribution in [0.15, 0.2) is 48.8 Å². The van der Waals surface area contributed by atoms with Crippen molar-refractivity contribution in [1.29, 1.82) is 0 Å². The molecule has 3 rings (SSSR count). The van der Waals surface area contributed by atoms with Crippen LogP contribution in [-0.2, 0) is 17.8 Å². The van der Waals surface area contributed by atoms with Crippen molar-refractivity contribution < 1.29 is 4.79 Å². The Balaban J connectivity index is 1.92. The molecule has 0 aliphatic carbocycles. The van der Waals surface area contributed by atoms with Gasteiger partial charge >= 0.3 is 0 Å². The average Bonchev–Trinajstić information content (AvgIpc) is 2.68. The molecule has 1 amide bonds. The molecule has 3 nitrogen and oxygen atoms in total. The fourth-order valence-electron chi connectivity index (χ4n) is 2.14. The molecule has 0 radical (unpaired) electrons. The molecule has 2 heterocycles. The molecule has 1 aromatic carbocycles. The number of amides is 1. The summed E-state index contributed by atoms with van der Waals surface area (Å²) in [4.78, 5) is 17.8. The van der Waals surface area contributed by atoms with Gasteiger partial charge < -0.3 is 4.90 Å². The van der Waals surface area contributed by atoms with Gasteiger partial charge in [0.2, 0.25) is 5.91 Å². The number of hydrogen-bond donors (Lipinski definition) is 0. The molecule has 0 spiro atoms. The van der Waals surface area contributed by atoms with Crippen molar-refractivity contribution in [3.63, 3.8) is 0 Å². The monoisotopic (exact) mass is 224 g/mol. The van der Waals surface area contributed by atoms with E-state index in [1.165, 1.54) is 0 Å². The summed E-state index contributed by atoms with van der Waals surface area (Å²) in [7, 11) is 0. The summed E-state index contributed by atoms with van der Waals surface area (Å²) in [6.07, 6.45) is 3.99. The van der Waals surface area contributed by atoms with Crippen LogP contribution < -0.4 is 4.90 Å². The lowest BCUT2D eigenvalue weighted by molar-refractivity contribution is -0.117. The highest BCUT2D eigenvalue weighted by Crippen LogP contribution is 2.28. The Morgan fingerprint density at radius 3 is 2.82 bits per heavy atom. The smallest absolute Gasteiger partial charge is 0.231 e. The van der Waals surface area contributed by atoms with E-state index in [0.717, 1.165) is 16.8 Å². The first-order valence-corrected chi connectivity index (χ1v) is 5.62. The van der Waals surface area contributed by atoms with Gasteiger partial charge in [-0.25, -0.2) is 0 Å². The summed E-state index contributed by atoms with van der Waals surface area (Å²) in [6, 6.07) is 11.9. The van der Waals surface area contributed by atoms with E-state index >= 15 is 0 Å². The lowest BCUT2D eigenvalue weighted by Gasteiger charge is -2.16. The number of rotatable bonds is 2. The number of fused-ring (bicyclic) bond motifs is 1. The zero-order valence-corrected chi connectivity index (χ0v) is 9.34. The molecule has 1 aromatic heterocycles. The van der Waals surface area contributed by atoms with E-state index in [-0.39, 0.29) is 5.91 Å². The molecule has 0 saturated heterocycles. The molecule has 3 heteroatoms. The number of nitrogens with zero attached hydrogens (tertiary/aromatic N) is 2. The minimum atomic E-state index is 0.150. The van der Waals surface area contributed by atoms with E-state index in [1.54, 1.807) is 17.3 Å². The van der Waals surface area contributed by atoms with Gasteiger partial charge in [0.25, 0.3) is 0 Å². The lowest BCUT2D eigenvalue weighted by Crippen LogP contribution is -2.25. The summed E-state index contributed by atoms with van der Waals surface area (Å²) in [5.41, 5.74) is 3.15. The number of hydrogen-bond acceptors (Lipinski definition) is 2. The van der Waals surface area contributed by atoms with E-state index in [0.29, 0.717) is 13.0 Å². The Bertz CT molecular complexity index is 551. The predicted octanol–water partition coefficient (Wildman–Crippen LogP) is 2.17. The van der Waals surface area contributed by atoms with Crippen LogP contribution in [0.25, 0.3) is 0 Å². The third kappa shape index (κ3) is 1.80. The number of aromatic nitrogens is 1. The second-order valence-corrected chi connectivity index (χ2v) is 4.15. The number of benzene rings is 1. The molecule has 0 atom stereocenters. The molecule has 1 aliphatic heterocycles. The first-order valence-electron chi connectivity index (χ1n) is 5.62. The Hall–Kier alpha value is -2.16. The molecule has 0 N–H and O–H groups in total. The first-order chi connectivity index (χ1) is 8.34. The highest BCUT2D eigenvalue weighted by atomic mass is 16.2. The van der Waals surface area contributed by atoms with E-state index in [4.69, 9.17) is 0 Å². The van der Waals surface area contributed by atoms with Crippen LogP contribution in [0.3, 0.4) is 0 Å². The van der Waals surface area contributed by atoms with Crippen molar-refractivity contribution in [2.45, 2.75) is 13.0 Å². The average molecular weight is 224 g/mol. The standard InChI is InChI=1S/C14H12N2O/c17-14-8-12-6-7-15-9-13(12)16(14)10-11-4-2-1-3-5-11/h1-7,9H,8,10H2. The van der Waals surface area contributed by atoms with Crippen molar-refractivity contribution in [2.24, 2.45) is 0 Å². The first kappa shape index (κ1) is 10.0. The maximum Gasteiger partial charge on any atom is 0.231 e. The molecule has 84 valence electrons. The van der Waals surface area contributed by atoms with Crippen LogP contribution >= 0.6 is 0 Å². The summed E-state index contributed by atoms with van der Waals surface area (Å²) < 4.78 is 0. The highest BCUT2D eigenvalue weighted by molar-refractivity contribution is 6.00. The number of carbonyl (C=O) groups is 1. The second kappa shape index (κ2) is 4.01. The molecular formula is C14H12N2O. The van der Waals surface area contributed by atoms with Crippen LogP contribution in [0, 0.1) is 0 Å². The Morgan fingerprint density at radius 1 is 1.18 bits per heavy atom. The Morgan fingerprint density at radius 2 is 2.00 bits per heavy atom. The van der Waals surface area contributed by atoms with Gasteiger partial charge in [-0.15, -0.1) is 0 Å². The fourth-order valence-corrected chi connectivity index (χ4v) is 2.14. The Kier molecular flexibility index (Phi) is 2.37. The summed E-state index contributed by atoms with van der Waals surface area (Å²) in [5, 5.41) is 0. The van der Waals surface area contributed by atoms with Gasteiger partial charge in [0.1, 0.15) is 0 Å². The van der Waals surface area contributed by atoms with E-state index in [2.05, 4.69) is 4.98 Å². The van der Waals surface area contributed by atoms with Gasteiger partial charge in [0.15, 0.2) is 0 Å². The zero-order valence-electron chi connectivity index (χ0n) is 9.34.